The molecule has 112 valence electrons. The highest BCUT2D eigenvalue weighted by Gasteiger charge is 2.19. The van der Waals surface area contributed by atoms with Gasteiger partial charge in [0.15, 0.2) is 0 Å². The Hall–Kier alpha value is -1.94. The smallest absolute Gasteiger partial charge is 0.271 e. The molecule has 0 saturated carbocycles. The zero-order chi connectivity index (χ0) is 15.1. The van der Waals surface area contributed by atoms with Gasteiger partial charge in [-0.2, -0.15) is 0 Å². The lowest BCUT2D eigenvalue weighted by atomic mass is 10.2. The molecule has 1 aromatic rings. The predicted molar refractivity (Wildman–Crippen MR) is 77.8 cm³/mol. The molecule has 0 radical (unpaired) electrons. The Morgan fingerprint density at radius 1 is 1.67 bits per heavy atom. The van der Waals surface area contributed by atoms with Crippen molar-refractivity contribution in [2.24, 2.45) is 0 Å². The van der Waals surface area contributed by atoms with Gasteiger partial charge in [0.1, 0.15) is 12.3 Å². The minimum Gasteiger partial charge on any atom is -0.384 e. The fraction of sp³-hybridized carbons (Fsp3) is 0.467. The first-order valence-corrected chi connectivity index (χ1v) is 6.84. The minimum absolute atomic E-state index is 0.0108. The van der Waals surface area contributed by atoms with Crippen LogP contribution in [0, 0.1) is 11.8 Å². The van der Waals surface area contributed by atoms with Crippen LogP contribution in [0.3, 0.4) is 0 Å². The second-order valence-electron chi connectivity index (χ2n) is 4.82. The summed E-state index contributed by atoms with van der Waals surface area (Å²) in [6, 6.07) is 3.41. The van der Waals surface area contributed by atoms with Gasteiger partial charge >= 0.3 is 0 Å². The molecule has 6 heteroatoms. The summed E-state index contributed by atoms with van der Waals surface area (Å²) < 4.78 is 5.59. The van der Waals surface area contributed by atoms with E-state index in [9.17, 15) is 4.79 Å². The number of carbonyl (C=O) groups excluding carboxylic acids is 1. The SMILES string of the molecule is CN1CCOC(CNC(=O)c2ncccc2C#CCO)C1. The van der Waals surface area contributed by atoms with Crippen molar-refractivity contribution >= 4 is 5.91 Å². The number of ether oxygens (including phenoxy) is 1. The second-order valence-corrected chi connectivity index (χ2v) is 4.82. The fourth-order valence-electron chi connectivity index (χ4n) is 2.10. The molecule has 1 unspecified atom stereocenters. The summed E-state index contributed by atoms with van der Waals surface area (Å²) in [5.74, 6) is 4.97. The Morgan fingerprint density at radius 3 is 3.29 bits per heavy atom. The third-order valence-electron chi connectivity index (χ3n) is 3.16. The maximum atomic E-state index is 12.2. The van der Waals surface area contributed by atoms with Crippen molar-refractivity contribution in [2.75, 3.05) is 39.9 Å². The molecule has 2 N–H and O–H groups in total. The van der Waals surface area contributed by atoms with E-state index in [1.165, 1.54) is 0 Å². The van der Waals surface area contributed by atoms with Gasteiger partial charge in [-0.05, 0) is 19.2 Å². The molecule has 0 spiro atoms. The highest BCUT2D eigenvalue weighted by atomic mass is 16.5. The molecule has 1 aromatic heterocycles. The van der Waals surface area contributed by atoms with E-state index < -0.39 is 0 Å². The lowest BCUT2D eigenvalue weighted by molar-refractivity contribution is -0.0175. The monoisotopic (exact) mass is 289 g/mol. The Labute approximate surface area is 124 Å². The van der Waals surface area contributed by atoms with Crippen LogP contribution in [0.15, 0.2) is 18.3 Å². The predicted octanol–water partition coefficient (Wildman–Crippen LogP) is -0.514. The van der Waals surface area contributed by atoms with Crippen molar-refractivity contribution in [3.63, 3.8) is 0 Å². The summed E-state index contributed by atoms with van der Waals surface area (Å²) in [4.78, 5) is 18.4. The van der Waals surface area contributed by atoms with Gasteiger partial charge in [0.05, 0.1) is 18.3 Å². The van der Waals surface area contributed by atoms with Crippen molar-refractivity contribution in [2.45, 2.75) is 6.10 Å². The van der Waals surface area contributed by atoms with Crippen LogP contribution in [0.4, 0.5) is 0 Å². The van der Waals surface area contributed by atoms with Crippen molar-refractivity contribution in [1.29, 1.82) is 0 Å². The summed E-state index contributed by atoms with van der Waals surface area (Å²) in [5.41, 5.74) is 0.772. The summed E-state index contributed by atoms with van der Waals surface area (Å²) in [7, 11) is 2.03. The van der Waals surface area contributed by atoms with Crippen LogP contribution in [0.1, 0.15) is 16.1 Å². The Balaban J connectivity index is 1.97. The first kappa shape index (κ1) is 15.4. The van der Waals surface area contributed by atoms with Gasteiger partial charge in [-0.3, -0.25) is 4.79 Å². The van der Waals surface area contributed by atoms with Crippen molar-refractivity contribution in [3.05, 3.63) is 29.6 Å². The molecule has 6 nitrogen and oxygen atoms in total. The van der Waals surface area contributed by atoms with E-state index in [-0.39, 0.29) is 24.3 Å². The molecule has 1 fully saturated rings. The third-order valence-corrected chi connectivity index (χ3v) is 3.16. The topological polar surface area (TPSA) is 74.7 Å². The van der Waals surface area contributed by atoms with E-state index in [1.807, 2.05) is 7.05 Å². The molecule has 0 aromatic carbocycles. The number of amides is 1. The average molecular weight is 289 g/mol. The van der Waals surface area contributed by atoms with Gasteiger partial charge in [0.25, 0.3) is 5.91 Å². The van der Waals surface area contributed by atoms with Gasteiger partial charge in [-0.25, -0.2) is 4.98 Å². The Kier molecular flexibility index (Phi) is 5.69. The van der Waals surface area contributed by atoms with Gasteiger partial charge in [0, 0.05) is 25.8 Å². The van der Waals surface area contributed by atoms with Crippen molar-refractivity contribution < 1.29 is 14.6 Å². The zero-order valence-electron chi connectivity index (χ0n) is 12.0. The van der Waals surface area contributed by atoms with Gasteiger partial charge in [0.2, 0.25) is 0 Å². The first-order chi connectivity index (χ1) is 10.2. The summed E-state index contributed by atoms with van der Waals surface area (Å²) in [5, 5.41) is 11.6. The number of aromatic nitrogens is 1. The molecule has 1 amide bonds. The molecule has 0 bridgehead atoms. The quantitative estimate of drug-likeness (QED) is 0.733. The number of aliphatic hydroxyl groups excluding tert-OH is 1. The number of rotatable bonds is 3. The van der Waals surface area contributed by atoms with Crippen LogP contribution in [0.25, 0.3) is 0 Å². The van der Waals surface area contributed by atoms with E-state index in [1.54, 1.807) is 18.3 Å². The molecule has 2 heterocycles. The second kappa shape index (κ2) is 7.74. The molecular weight excluding hydrogens is 270 g/mol. The standard InChI is InChI=1S/C15H19N3O3/c1-18-7-9-21-13(11-18)10-17-15(20)14-12(5-3-8-19)4-2-6-16-14/h2,4,6,13,19H,7-11H2,1H3,(H,17,20). The minimum atomic E-state index is -0.283. The first-order valence-electron chi connectivity index (χ1n) is 6.84. The number of pyridine rings is 1. The normalized spacial score (nSPS) is 18.7. The van der Waals surface area contributed by atoms with E-state index in [0.717, 1.165) is 13.1 Å². The number of hydrogen-bond acceptors (Lipinski definition) is 5. The third kappa shape index (κ3) is 4.53. The molecule has 2 rings (SSSR count). The largest absolute Gasteiger partial charge is 0.384 e. The summed E-state index contributed by atoms with van der Waals surface area (Å²) in [6.45, 7) is 2.56. The molecule has 21 heavy (non-hydrogen) atoms. The maximum Gasteiger partial charge on any atom is 0.271 e. The molecule has 0 aliphatic carbocycles. The number of nitrogens with one attached hydrogen (secondary N) is 1. The number of morpholine rings is 1. The molecule has 1 saturated heterocycles. The lowest BCUT2D eigenvalue weighted by Gasteiger charge is -2.30. The van der Waals surface area contributed by atoms with E-state index in [4.69, 9.17) is 9.84 Å². The van der Waals surface area contributed by atoms with E-state index in [0.29, 0.717) is 18.7 Å². The summed E-state index contributed by atoms with van der Waals surface area (Å²) >= 11 is 0. The van der Waals surface area contributed by atoms with Gasteiger partial charge in [-0.15, -0.1) is 0 Å². The van der Waals surface area contributed by atoms with Crippen molar-refractivity contribution in [1.82, 2.24) is 15.2 Å². The summed E-state index contributed by atoms with van der Waals surface area (Å²) in [6.07, 6.45) is 1.53. The number of aliphatic hydroxyl groups is 1. The highest BCUT2D eigenvalue weighted by Crippen LogP contribution is 2.05. The van der Waals surface area contributed by atoms with Crippen LogP contribution in [0.5, 0.6) is 0 Å². The Bertz CT molecular complexity index is 551. The Morgan fingerprint density at radius 2 is 2.52 bits per heavy atom. The van der Waals surface area contributed by atoms with Crippen molar-refractivity contribution in [3.8, 4) is 11.8 Å². The average Bonchev–Trinajstić information content (AvgIpc) is 2.51. The number of nitrogens with zero attached hydrogens (tertiary/aromatic N) is 2. The highest BCUT2D eigenvalue weighted by molar-refractivity contribution is 5.94. The van der Waals surface area contributed by atoms with Crippen LogP contribution in [0.2, 0.25) is 0 Å². The zero-order valence-corrected chi connectivity index (χ0v) is 12.0. The van der Waals surface area contributed by atoms with Gasteiger partial charge < -0.3 is 20.1 Å². The van der Waals surface area contributed by atoms with E-state index >= 15 is 0 Å². The van der Waals surface area contributed by atoms with Crippen LogP contribution in [-0.4, -0.2) is 66.9 Å². The molecule has 1 atom stereocenters. The number of carbonyl (C=O) groups is 1. The van der Waals surface area contributed by atoms with Gasteiger partial charge in [-0.1, -0.05) is 11.8 Å². The fourth-order valence-corrected chi connectivity index (χ4v) is 2.10. The molecule has 1 aliphatic heterocycles. The number of hydrogen-bond donors (Lipinski definition) is 2. The van der Waals surface area contributed by atoms with Crippen LogP contribution < -0.4 is 5.32 Å². The van der Waals surface area contributed by atoms with E-state index in [2.05, 4.69) is 27.0 Å². The maximum absolute atomic E-state index is 12.2. The van der Waals surface area contributed by atoms with Crippen LogP contribution in [-0.2, 0) is 4.74 Å². The number of likely N-dealkylation sites (N-methyl/N-ethyl adjacent to an activating group) is 1. The molecular formula is C15H19N3O3. The molecule has 1 aliphatic rings. The lowest BCUT2D eigenvalue weighted by Crippen LogP contribution is -2.46. The van der Waals surface area contributed by atoms with Crippen LogP contribution >= 0.6 is 0 Å².